The maximum absolute atomic E-state index is 11.9. The second-order valence-electron chi connectivity index (χ2n) is 6.92. The highest BCUT2D eigenvalue weighted by atomic mass is 16.7. The number of hydrogen-bond acceptors (Lipinski definition) is 6. The molecule has 0 saturated carbocycles. The van der Waals surface area contributed by atoms with Gasteiger partial charge in [-0.2, -0.15) is 0 Å². The van der Waals surface area contributed by atoms with Gasteiger partial charge in [-0.05, 0) is 37.8 Å². The number of ether oxygens (including phenoxy) is 4. The number of carbonyl (C=O) groups is 2. The van der Waals surface area contributed by atoms with Gasteiger partial charge in [-0.15, -0.1) is 0 Å². The van der Waals surface area contributed by atoms with E-state index in [1.807, 2.05) is 60.7 Å². The average molecular weight is 414 g/mol. The summed E-state index contributed by atoms with van der Waals surface area (Å²) in [5.74, 6) is -0.688. The predicted octanol–water partition coefficient (Wildman–Crippen LogP) is 4.76. The number of rotatable bonds is 13. The Balaban J connectivity index is 1.51. The van der Waals surface area contributed by atoms with Crippen molar-refractivity contribution in [1.29, 1.82) is 0 Å². The predicted molar refractivity (Wildman–Crippen MR) is 112 cm³/mol. The Kier molecular flexibility index (Phi) is 10.6. The van der Waals surface area contributed by atoms with E-state index in [-0.39, 0.29) is 24.8 Å². The lowest BCUT2D eigenvalue weighted by Gasteiger charge is -2.15. The summed E-state index contributed by atoms with van der Waals surface area (Å²) < 4.78 is 21.5. The van der Waals surface area contributed by atoms with E-state index in [1.165, 1.54) is 0 Å². The molecule has 2 atom stereocenters. The van der Waals surface area contributed by atoms with E-state index in [0.29, 0.717) is 26.1 Å². The fraction of sp³-hybridized carbons (Fsp3) is 0.417. The molecule has 0 amide bonds. The van der Waals surface area contributed by atoms with Gasteiger partial charge in [-0.25, -0.2) is 0 Å². The van der Waals surface area contributed by atoms with E-state index < -0.39 is 12.6 Å². The van der Waals surface area contributed by atoms with Crippen molar-refractivity contribution in [1.82, 2.24) is 0 Å². The number of benzene rings is 2. The van der Waals surface area contributed by atoms with Crippen LogP contribution in [0.2, 0.25) is 0 Å². The van der Waals surface area contributed by atoms with Crippen LogP contribution in [0.4, 0.5) is 0 Å². The van der Waals surface area contributed by atoms with Crippen LogP contribution in [-0.2, 0) is 41.8 Å². The van der Waals surface area contributed by atoms with Gasteiger partial charge in [0.1, 0.15) is 0 Å². The Bertz CT molecular complexity index is 681. The van der Waals surface area contributed by atoms with Crippen LogP contribution >= 0.6 is 0 Å². The van der Waals surface area contributed by atoms with Crippen LogP contribution in [-0.4, -0.2) is 24.5 Å². The summed E-state index contributed by atoms with van der Waals surface area (Å²) in [7, 11) is 0. The van der Waals surface area contributed by atoms with Gasteiger partial charge in [0.25, 0.3) is 0 Å². The van der Waals surface area contributed by atoms with Gasteiger partial charge in [0.2, 0.25) is 0 Å². The molecule has 6 nitrogen and oxygen atoms in total. The second-order valence-corrected chi connectivity index (χ2v) is 6.92. The molecule has 30 heavy (non-hydrogen) atoms. The third-order valence-electron chi connectivity index (χ3n) is 4.26. The monoisotopic (exact) mass is 414 g/mol. The van der Waals surface area contributed by atoms with E-state index in [0.717, 1.165) is 11.1 Å². The summed E-state index contributed by atoms with van der Waals surface area (Å²) in [6, 6.07) is 19.4. The highest BCUT2D eigenvalue weighted by Crippen LogP contribution is 2.09. The van der Waals surface area contributed by atoms with E-state index in [4.69, 9.17) is 18.9 Å². The van der Waals surface area contributed by atoms with Gasteiger partial charge in [-0.3, -0.25) is 9.59 Å². The highest BCUT2D eigenvalue weighted by Gasteiger charge is 2.12. The summed E-state index contributed by atoms with van der Waals surface area (Å²) in [4.78, 5) is 23.7. The van der Waals surface area contributed by atoms with Crippen LogP contribution in [0.15, 0.2) is 60.7 Å². The minimum atomic E-state index is -0.620. The van der Waals surface area contributed by atoms with Crippen LogP contribution in [0, 0.1) is 0 Å². The number of unbranched alkanes of at least 4 members (excludes halogenated alkanes) is 1. The lowest BCUT2D eigenvalue weighted by molar-refractivity contribution is -0.179. The molecular weight excluding hydrogens is 384 g/mol. The first-order valence-electron chi connectivity index (χ1n) is 10.2. The van der Waals surface area contributed by atoms with Gasteiger partial charge < -0.3 is 18.9 Å². The first-order valence-corrected chi connectivity index (χ1v) is 10.2. The molecule has 2 rings (SSSR count). The maximum Gasteiger partial charge on any atom is 0.308 e. The molecule has 0 spiro atoms. The van der Waals surface area contributed by atoms with Crippen molar-refractivity contribution in [3.8, 4) is 0 Å². The smallest absolute Gasteiger partial charge is 0.308 e. The molecule has 0 bridgehead atoms. The van der Waals surface area contributed by atoms with Crippen molar-refractivity contribution in [3.05, 3.63) is 71.8 Å². The third-order valence-corrected chi connectivity index (χ3v) is 4.26. The first-order chi connectivity index (χ1) is 14.5. The zero-order valence-corrected chi connectivity index (χ0v) is 17.6. The normalized spacial score (nSPS) is 12.7. The zero-order chi connectivity index (χ0) is 21.6. The van der Waals surface area contributed by atoms with E-state index >= 15 is 0 Å². The Labute approximate surface area is 178 Å². The summed E-state index contributed by atoms with van der Waals surface area (Å²) in [5, 5.41) is 0. The van der Waals surface area contributed by atoms with Crippen LogP contribution in [0.25, 0.3) is 0 Å². The fourth-order valence-corrected chi connectivity index (χ4v) is 2.67. The molecule has 0 aromatic heterocycles. The molecular formula is C24H30O6. The zero-order valence-electron chi connectivity index (χ0n) is 17.6. The fourth-order valence-electron chi connectivity index (χ4n) is 2.67. The number of hydrogen-bond donors (Lipinski definition) is 0. The SMILES string of the molecule is CC(OCc1ccccc1)OC(=O)CCCCC(=O)OC(C)OCc1ccccc1. The van der Waals surface area contributed by atoms with Crippen molar-refractivity contribution in [2.24, 2.45) is 0 Å². The van der Waals surface area contributed by atoms with Crippen LogP contribution in [0.5, 0.6) is 0 Å². The molecule has 6 heteroatoms. The standard InChI is InChI=1S/C24H30O6/c1-19(27-17-21-11-5-3-6-12-21)29-23(25)15-9-10-16-24(26)30-20(2)28-18-22-13-7-4-8-14-22/h3-8,11-14,19-20H,9-10,15-18H2,1-2H3. The maximum atomic E-state index is 11.9. The summed E-state index contributed by atoms with van der Waals surface area (Å²) in [6.07, 6.45) is 0.297. The lowest BCUT2D eigenvalue weighted by Crippen LogP contribution is -2.19. The van der Waals surface area contributed by atoms with Crippen molar-refractivity contribution in [2.75, 3.05) is 0 Å². The first kappa shape index (κ1) is 23.6. The minimum Gasteiger partial charge on any atom is -0.436 e. The number of carbonyl (C=O) groups excluding carboxylic acids is 2. The number of esters is 2. The molecule has 162 valence electrons. The molecule has 0 saturated heterocycles. The average Bonchev–Trinajstić information content (AvgIpc) is 2.75. The molecule has 2 unspecified atom stereocenters. The van der Waals surface area contributed by atoms with E-state index in [1.54, 1.807) is 13.8 Å². The Morgan fingerprint density at radius 3 is 1.40 bits per heavy atom. The third kappa shape index (κ3) is 10.2. The van der Waals surface area contributed by atoms with Crippen LogP contribution in [0.1, 0.15) is 50.7 Å². The van der Waals surface area contributed by atoms with E-state index in [2.05, 4.69) is 0 Å². The van der Waals surface area contributed by atoms with Crippen LogP contribution < -0.4 is 0 Å². The molecule has 0 heterocycles. The van der Waals surface area contributed by atoms with Crippen molar-refractivity contribution >= 4 is 11.9 Å². The quantitative estimate of drug-likeness (QED) is 0.267. The highest BCUT2D eigenvalue weighted by molar-refractivity contribution is 5.70. The molecule has 0 radical (unpaired) electrons. The summed E-state index contributed by atoms with van der Waals surface area (Å²) >= 11 is 0. The van der Waals surface area contributed by atoms with Crippen LogP contribution in [0.3, 0.4) is 0 Å². The van der Waals surface area contributed by atoms with Crippen molar-refractivity contribution < 1.29 is 28.5 Å². The van der Waals surface area contributed by atoms with Gasteiger partial charge >= 0.3 is 11.9 Å². The van der Waals surface area contributed by atoms with Gasteiger partial charge in [0, 0.05) is 12.8 Å². The van der Waals surface area contributed by atoms with Crippen molar-refractivity contribution in [2.45, 2.75) is 65.3 Å². The Morgan fingerprint density at radius 1 is 0.667 bits per heavy atom. The van der Waals surface area contributed by atoms with Gasteiger partial charge in [-0.1, -0.05) is 60.7 Å². The molecule has 0 N–H and O–H groups in total. The Hall–Kier alpha value is -2.70. The molecule has 2 aromatic carbocycles. The summed E-state index contributed by atoms with van der Waals surface area (Å²) in [5.41, 5.74) is 2.03. The minimum absolute atomic E-state index is 0.229. The Morgan fingerprint density at radius 2 is 1.03 bits per heavy atom. The molecule has 0 fully saturated rings. The van der Waals surface area contributed by atoms with Gasteiger partial charge in [0.05, 0.1) is 13.2 Å². The molecule has 0 aliphatic carbocycles. The molecule has 0 aliphatic rings. The van der Waals surface area contributed by atoms with Gasteiger partial charge in [0.15, 0.2) is 12.6 Å². The molecule has 2 aromatic rings. The lowest BCUT2D eigenvalue weighted by atomic mass is 10.2. The molecule has 0 aliphatic heterocycles. The topological polar surface area (TPSA) is 71.1 Å². The summed E-state index contributed by atoms with van der Waals surface area (Å²) in [6.45, 7) is 4.14. The largest absolute Gasteiger partial charge is 0.436 e. The van der Waals surface area contributed by atoms with E-state index in [9.17, 15) is 9.59 Å². The second kappa shape index (κ2) is 13.5. The van der Waals surface area contributed by atoms with Crippen molar-refractivity contribution in [3.63, 3.8) is 0 Å².